The zero-order chi connectivity index (χ0) is 17.6. The zero-order valence-corrected chi connectivity index (χ0v) is 15.0. The summed E-state index contributed by atoms with van der Waals surface area (Å²) in [5, 5.41) is 1.30. The fraction of sp³-hybridized carbons (Fsp3) is 0.500. The van der Waals surface area contributed by atoms with E-state index < -0.39 is 5.63 Å². The number of hydrogen-bond acceptors (Lipinski definition) is 4. The van der Waals surface area contributed by atoms with Crippen molar-refractivity contribution in [2.45, 2.75) is 45.6 Å². The van der Waals surface area contributed by atoms with Gasteiger partial charge in [0.1, 0.15) is 12.2 Å². The van der Waals surface area contributed by atoms with E-state index in [9.17, 15) is 9.59 Å². The molecule has 4 rings (SSSR count). The van der Waals surface area contributed by atoms with E-state index in [-0.39, 0.29) is 12.6 Å². The minimum atomic E-state index is -0.451. The third-order valence-corrected chi connectivity index (χ3v) is 6.22. The Kier molecular flexibility index (Phi) is 4.32. The second kappa shape index (κ2) is 6.49. The van der Waals surface area contributed by atoms with Gasteiger partial charge in [0.15, 0.2) is 0 Å². The molecule has 2 saturated carbocycles. The van der Waals surface area contributed by atoms with Crippen LogP contribution in [0.4, 0.5) is 0 Å². The fourth-order valence-corrected chi connectivity index (χ4v) is 4.69. The molecule has 5 heteroatoms. The van der Waals surface area contributed by atoms with Crippen molar-refractivity contribution in [3.63, 3.8) is 0 Å². The van der Waals surface area contributed by atoms with Gasteiger partial charge in [0.2, 0.25) is 0 Å². The molecule has 1 aromatic heterocycles. The molecule has 1 aromatic carbocycles. The second-order valence-corrected chi connectivity index (χ2v) is 7.90. The molecule has 2 bridgehead atoms. The Hall–Kier alpha value is -1.81. The number of benzene rings is 1. The van der Waals surface area contributed by atoms with Crippen LogP contribution >= 0.6 is 11.6 Å². The van der Waals surface area contributed by atoms with Gasteiger partial charge in [0.05, 0.1) is 0 Å². The summed E-state index contributed by atoms with van der Waals surface area (Å²) in [6.45, 7) is 1.92. The van der Waals surface area contributed by atoms with Crippen molar-refractivity contribution >= 4 is 28.5 Å². The summed E-state index contributed by atoms with van der Waals surface area (Å²) < 4.78 is 10.7. The van der Waals surface area contributed by atoms with Crippen LogP contribution in [0.1, 0.15) is 43.2 Å². The number of esters is 1. The molecule has 0 radical (unpaired) electrons. The standard InChI is InChI=1S/C20H21ClO4/c1-11-4-18-16(9-17(11)21)15(8-20(23)25-18)10-24-19(22)7-14-6-12-2-3-13(14)5-12/h4,8-9,12-14H,2-3,5-7,10H2,1H3/t12-,13-,14-/m1/s1. The molecule has 2 aromatic rings. The van der Waals surface area contributed by atoms with E-state index in [1.807, 2.05) is 6.92 Å². The topological polar surface area (TPSA) is 56.5 Å². The molecule has 0 N–H and O–H groups in total. The van der Waals surface area contributed by atoms with Crippen LogP contribution in [0.3, 0.4) is 0 Å². The highest BCUT2D eigenvalue weighted by Crippen LogP contribution is 2.49. The second-order valence-electron chi connectivity index (χ2n) is 7.49. The Bertz CT molecular complexity index is 885. The molecule has 0 saturated heterocycles. The summed E-state index contributed by atoms with van der Waals surface area (Å²) >= 11 is 6.18. The fourth-order valence-electron chi connectivity index (χ4n) is 4.53. The van der Waals surface area contributed by atoms with Crippen LogP contribution in [-0.4, -0.2) is 5.97 Å². The van der Waals surface area contributed by atoms with Gasteiger partial charge in [-0.05, 0) is 61.6 Å². The Balaban J connectivity index is 1.48. The number of halogens is 1. The van der Waals surface area contributed by atoms with Crippen LogP contribution in [0.25, 0.3) is 11.0 Å². The van der Waals surface area contributed by atoms with E-state index in [2.05, 4.69) is 0 Å². The smallest absolute Gasteiger partial charge is 0.336 e. The summed E-state index contributed by atoms with van der Waals surface area (Å²) in [4.78, 5) is 24.0. The van der Waals surface area contributed by atoms with Crippen molar-refractivity contribution < 1.29 is 13.9 Å². The minimum Gasteiger partial charge on any atom is -0.461 e. The Labute approximate surface area is 151 Å². The van der Waals surface area contributed by atoms with Crippen molar-refractivity contribution in [1.82, 2.24) is 0 Å². The zero-order valence-electron chi connectivity index (χ0n) is 14.2. The first kappa shape index (κ1) is 16.6. The highest BCUT2D eigenvalue weighted by Gasteiger charge is 2.40. The number of hydrogen-bond donors (Lipinski definition) is 0. The molecule has 0 aliphatic heterocycles. The largest absolute Gasteiger partial charge is 0.461 e. The molecule has 3 atom stereocenters. The van der Waals surface area contributed by atoms with Crippen molar-refractivity contribution in [2.24, 2.45) is 17.8 Å². The lowest BCUT2D eigenvalue weighted by atomic mass is 9.86. The molecule has 25 heavy (non-hydrogen) atoms. The Morgan fingerprint density at radius 1 is 1.28 bits per heavy atom. The van der Waals surface area contributed by atoms with Gasteiger partial charge >= 0.3 is 11.6 Å². The summed E-state index contributed by atoms with van der Waals surface area (Å²) in [5.41, 5.74) is 1.49. The van der Waals surface area contributed by atoms with Crippen molar-refractivity contribution in [3.05, 3.63) is 44.8 Å². The molecule has 1 heterocycles. The summed E-state index contributed by atoms with van der Waals surface area (Å²) in [6, 6.07) is 4.87. The van der Waals surface area contributed by atoms with E-state index in [0.717, 1.165) is 17.9 Å². The van der Waals surface area contributed by atoms with Gasteiger partial charge in [0.25, 0.3) is 0 Å². The van der Waals surface area contributed by atoms with E-state index in [4.69, 9.17) is 20.8 Å². The van der Waals surface area contributed by atoms with Gasteiger partial charge in [-0.25, -0.2) is 4.79 Å². The molecule has 2 aliphatic carbocycles. The molecule has 0 amide bonds. The first-order valence-corrected chi connectivity index (χ1v) is 9.26. The quantitative estimate of drug-likeness (QED) is 0.589. The maximum absolute atomic E-state index is 12.2. The molecular weight excluding hydrogens is 340 g/mol. The lowest BCUT2D eigenvalue weighted by Gasteiger charge is -2.20. The predicted octanol–water partition coefficient (Wildman–Crippen LogP) is 4.62. The van der Waals surface area contributed by atoms with Gasteiger partial charge in [-0.3, -0.25) is 4.79 Å². The Morgan fingerprint density at radius 2 is 2.12 bits per heavy atom. The van der Waals surface area contributed by atoms with Gasteiger partial charge in [0, 0.05) is 28.5 Å². The van der Waals surface area contributed by atoms with E-state index >= 15 is 0 Å². The van der Waals surface area contributed by atoms with Crippen LogP contribution < -0.4 is 5.63 Å². The average molecular weight is 361 g/mol. The Morgan fingerprint density at radius 3 is 2.84 bits per heavy atom. The van der Waals surface area contributed by atoms with E-state index in [1.165, 1.54) is 25.3 Å². The third-order valence-electron chi connectivity index (χ3n) is 5.81. The number of carbonyl (C=O) groups excluding carboxylic acids is 1. The third kappa shape index (κ3) is 3.32. The van der Waals surface area contributed by atoms with Crippen LogP contribution in [-0.2, 0) is 16.1 Å². The number of aryl methyl sites for hydroxylation is 1. The number of carbonyl (C=O) groups is 1. The van der Waals surface area contributed by atoms with Gasteiger partial charge in [-0.2, -0.15) is 0 Å². The molecule has 0 spiro atoms. The minimum absolute atomic E-state index is 0.0706. The molecule has 0 unspecified atom stereocenters. The highest BCUT2D eigenvalue weighted by molar-refractivity contribution is 6.32. The van der Waals surface area contributed by atoms with Crippen LogP contribution in [0.2, 0.25) is 5.02 Å². The normalized spacial score (nSPS) is 24.8. The lowest BCUT2D eigenvalue weighted by molar-refractivity contribution is -0.146. The molecule has 2 fully saturated rings. The SMILES string of the molecule is Cc1cc2oc(=O)cc(COC(=O)C[C@H]3C[C@@H]4CC[C@@H]3C4)c2cc1Cl. The maximum Gasteiger partial charge on any atom is 0.336 e. The number of ether oxygens (including phenoxy) is 1. The number of fused-ring (bicyclic) bond motifs is 3. The summed E-state index contributed by atoms with van der Waals surface area (Å²) in [5.74, 6) is 1.80. The molecule has 132 valence electrons. The average Bonchev–Trinajstić information content (AvgIpc) is 3.17. The predicted molar refractivity (Wildman–Crippen MR) is 95.6 cm³/mol. The summed E-state index contributed by atoms with van der Waals surface area (Å²) in [7, 11) is 0. The molecule has 4 nitrogen and oxygen atoms in total. The first-order valence-electron chi connectivity index (χ1n) is 8.88. The van der Waals surface area contributed by atoms with Crippen molar-refractivity contribution in [1.29, 1.82) is 0 Å². The van der Waals surface area contributed by atoms with Crippen LogP contribution in [0.15, 0.2) is 27.4 Å². The van der Waals surface area contributed by atoms with Gasteiger partial charge < -0.3 is 9.15 Å². The van der Waals surface area contributed by atoms with Crippen LogP contribution in [0, 0.1) is 24.7 Å². The van der Waals surface area contributed by atoms with Crippen molar-refractivity contribution in [2.75, 3.05) is 0 Å². The number of rotatable bonds is 4. The molecular formula is C20H21ClO4. The van der Waals surface area contributed by atoms with Gasteiger partial charge in [-0.1, -0.05) is 18.0 Å². The highest BCUT2D eigenvalue weighted by atomic mass is 35.5. The lowest BCUT2D eigenvalue weighted by Crippen LogP contribution is -2.17. The van der Waals surface area contributed by atoms with Gasteiger partial charge in [-0.15, -0.1) is 0 Å². The first-order chi connectivity index (χ1) is 12.0. The molecule has 2 aliphatic rings. The van der Waals surface area contributed by atoms with Crippen molar-refractivity contribution in [3.8, 4) is 0 Å². The maximum atomic E-state index is 12.2. The van der Waals surface area contributed by atoms with E-state index in [0.29, 0.717) is 39.8 Å². The van der Waals surface area contributed by atoms with Crippen LogP contribution in [0.5, 0.6) is 0 Å². The van der Waals surface area contributed by atoms with E-state index in [1.54, 1.807) is 12.1 Å². The monoisotopic (exact) mass is 360 g/mol. The summed E-state index contributed by atoms with van der Waals surface area (Å²) in [6.07, 6.45) is 5.50.